The second-order valence-electron chi connectivity index (χ2n) is 25.5. The molecular weight excluding hydrogens is 1140 g/mol. The molecule has 4 saturated heterocycles. The van der Waals surface area contributed by atoms with Crippen molar-refractivity contribution in [3.8, 4) is 0 Å². The maximum atomic E-state index is 14.5. The summed E-state index contributed by atoms with van der Waals surface area (Å²) in [4.78, 5) is 115. The molecule has 22 heteroatoms. The maximum absolute atomic E-state index is 14.5. The van der Waals surface area contributed by atoms with E-state index in [1.807, 2.05) is 61.0 Å². The summed E-state index contributed by atoms with van der Waals surface area (Å²) < 4.78 is 36.0. The highest BCUT2D eigenvalue weighted by Crippen LogP contribution is 2.33. The number of piperazine rings is 2. The minimum Gasteiger partial charge on any atom is -0.460 e. The molecule has 3 amide bonds. The van der Waals surface area contributed by atoms with Gasteiger partial charge in [0.1, 0.15) is 35.9 Å². The standard InChI is InChI=1S/C67H102N8O14/c1-45-14-9-8-10-15-46(2)59(84-6)40-52-16-13-18-58(87-52)63(80)64(81)75-26-12-11-17-54(75)65(82)88-53(21-19-50-20-22-55(76)61(38-50)85-7)39-56(77)48(4)37-49(5)60(41-57(78)47(3)36-45)89-67(83)71-44-51-42-69-66(70-43-51)74-31-29-73(30-32-74)62(79)23-34-86-35-33-72-27-24-68-25-28-72/h8-10,14-15,37,42-43,45,47-48,50,52-55,58-61,68,76H,11-13,16-36,38-41,44H2,1-7H3,(H,71,83)/b10-8+,14-9+,46-15+,49-37+/t45-,47-,48-,50-,52?,53-,54+,55-,58?,59+,60+,61-/m1/s1. The summed E-state index contributed by atoms with van der Waals surface area (Å²) in [6.45, 7) is 17.6. The van der Waals surface area contributed by atoms with E-state index in [-0.39, 0.29) is 80.0 Å². The smallest absolute Gasteiger partial charge is 0.408 e. The third-order valence-electron chi connectivity index (χ3n) is 18.7. The van der Waals surface area contributed by atoms with Crippen molar-refractivity contribution >= 4 is 47.2 Å². The van der Waals surface area contributed by atoms with Gasteiger partial charge in [-0.1, -0.05) is 57.2 Å². The molecule has 12 atom stereocenters. The molecule has 6 aliphatic rings. The van der Waals surface area contributed by atoms with Gasteiger partial charge in [0, 0.05) is 135 Å². The van der Waals surface area contributed by atoms with Crippen LogP contribution in [0.1, 0.15) is 143 Å². The SMILES string of the molecule is CO[C@H]1CC2CCCC(O2)C(=O)C(=O)N2CCCC[C@H]2C(=O)O[C@H](CC[C@@H]2CC[C@@H](O)[C@H](OC)C2)CC(=O)[C@H](C)/C=C(\C)[C@@H](OC(=O)NCc2cnc(N3CCN(C(=O)CCOCCN4CCNCC4)CC3)nc2)CC(=O)[C@H](C)C[C@H](C)/C=C/C=C/C=C/1C. The number of ketones is 3. The lowest BCUT2D eigenvalue weighted by atomic mass is 9.81. The van der Waals surface area contributed by atoms with Crippen LogP contribution in [-0.4, -0.2) is 213 Å². The zero-order valence-electron chi connectivity index (χ0n) is 54.0. The Hall–Kier alpha value is -5.75. The number of aliphatic hydroxyl groups excluding tert-OH is 1. The van der Waals surface area contributed by atoms with Gasteiger partial charge in [-0.2, -0.15) is 0 Å². The van der Waals surface area contributed by atoms with Crippen molar-refractivity contribution in [1.29, 1.82) is 0 Å². The topological polar surface area (TPSA) is 258 Å². The van der Waals surface area contributed by atoms with Crippen molar-refractivity contribution in [1.82, 2.24) is 35.3 Å². The number of carbonyl (C=O) groups is 7. The summed E-state index contributed by atoms with van der Waals surface area (Å²) in [6, 6.07) is -1.04. The summed E-state index contributed by atoms with van der Waals surface area (Å²) in [5.74, 6) is -3.01. The number of aromatic nitrogens is 2. The average Bonchev–Trinajstić information content (AvgIpc) is 2.64. The van der Waals surface area contributed by atoms with E-state index in [0.717, 1.165) is 44.7 Å². The summed E-state index contributed by atoms with van der Waals surface area (Å²) in [5.41, 5.74) is 2.05. The summed E-state index contributed by atoms with van der Waals surface area (Å²) in [7, 11) is 3.20. The molecule has 2 unspecified atom stereocenters. The number of nitrogens with zero attached hydrogens (tertiary/aromatic N) is 6. The number of hydrogen-bond acceptors (Lipinski definition) is 19. The van der Waals surface area contributed by atoms with Gasteiger partial charge in [-0.25, -0.2) is 19.6 Å². The van der Waals surface area contributed by atoms with Crippen molar-refractivity contribution in [3.63, 3.8) is 0 Å². The minimum atomic E-state index is -1.04. The normalized spacial score (nSPS) is 32.0. The largest absolute Gasteiger partial charge is 0.460 e. The molecule has 2 bridgehead atoms. The third kappa shape index (κ3) is 22.3. The maximum Gasteiger partial charge on any atom is 0.408 e. The van der Waals surface area contributed by atoms with Crippen LogP contribution in [-0.2, 0) is 63.7 Å². The zero-order chi connectivity index (χ0) is 63.8. The number of amides is 3. The fourth-order valence-electron chi connectivity index (χ4n) is 13.0. The van der Waals surface area contributed by atoms with E-state index >= 15 is 0 Å². The van der Waals surface area contributed by atoms with E-state index in [4.69, 9.17) is 28.4 Å². The molecule has 1 aromatic heterocycles. The first-order valence-corrected chi connectivity index (χ1v) is 32.9. The highest BCUT2D eigenvalue weighted by Gasteiger charge is 2.42. The van der Waals surface area contributed by atoms with Crippen LogP contribution < -0.4 is 15.5 Å². The summed E-state index contributed by atoms with van der Waals surface area (Å²) in [5, 5.41) is 16.7. The van der Waals surface area contributed by atoms with Crippen molar-refractivity contribution in [3.05, 3.63) is 65.6 Å². The molecule has 5 aliphatic heterocycles. The predicted molar refractivity (Wildman–Crippen MR) is 335 cm³/mol. The molecule has 5 fully saturated rings. The number of methoxy groups -OCH3 is 2. The molecule has 0 radical (unpaired) electrons. The molecule has 1 aromatic rings. The van der Waals surface area contributed by atoms with Gasteiger partial charge in [0.2, 0.25) is 17.6 Å². The second-order valence-corrected chi connectivity index (χ2v) is 25.5. The van der Waals surface area contributed by atoms with Crippen LogP contribution in [0.5, 0.6) is 0 Å². The lowest BCUT2D eigenvalue weighted by Crippen LogP contribution is -2.54. The van der Waals surface area contributed by atoms with Crippen LogP contribution in [0, 0.1) is 23.7 Å². The van der Waals surface area contributed by atoms with Crippen LogP contribution in [0.4, 0.5) is 10.7 Å². The van der Waals surface area contributed by atoms with Gasteiger partial charge in [0.05, 0.1) is 44.1 Å². The van der Waals surface area contributed by atoms with Gasteiger partial charge >= 0.3 is 12.1 Å². The van der Waals surface area contributed by atoms with Crippen LogP contribution >= 0.6 is 0 Å². The van der Waals surface area contributed by atoms with E-state index in [1.165, 1.54) is 4.90 Å². The number of allylic oxidation sites excluding steroid dienone is 6. The Kier molecular flexibility index (Phi) is 28.9. The Morgan fingerprint density at radius 1 is 0.775 bits per heavy atom. The number of hydrogen-bond donors (Lipinski definition) is 3. The molecular formula is C67H102N8O14. The van der Waals surface area contributed by atoms with Crippen LogP contribution in [0.25, 0.3) is 0 Å². The lowest BCUT2D eigenvalue weighted by Gasteiger charge is -2.37. The molecule has 6 heterocycles. The first-order chi connectivity index (χ1) is 42.9. The highest BCUT2D eigenvalue weighted by molar-refractivity contribution is 6.38. The summed E-state index contributed by atoms with van der Waals surface area (Å²) >= 11 is 0. The first-order valence-electron chi connectivity index (χ1n) is 32.9. The number of carbonyl (C=O) groups excluding carboxylic acids is 7. The highest BCUT2D eigenvalue weighted by atomic mass is 16.6. The lowest BCUT2D eigenvalue weighted by molar-refractivity contribution is -0.167. The molecule has 3 N–H and O–H groups in total. The number of Topliss-reactive ketones (excluding diaryl/α,β-unsaturated/α-hetero) is 3. The predicted octanol–water partition coefficient (Wildman–Crippen LogP) is 6.43. The van der Waals surface area contributed by atoms with Crippen LogP contribution in [0.2, 0.25) is 0 Å². The van der Waals surface area contributed by atoms with E-state index in [1.54, 1.807) is 46.5 Å². The van der Waals surface area contributed by atoms with E-state index < -0.39 is 66.0 Å². The third-order valence-corrected chi connectivity index (χ3v) is 18.7. The van der Waals surface area contributed by atoms with Crippen molar-refractivity contribution in [2.45, 2.75) is 193 Å². The first kappa shape index (κ1) is 70.7. The van der Waals surface area contributed by atoms with Crippen molar-refractivity contribution < 1.29 is 67.1 Å². The number of cyclic esters (lactones) is 1. The Morgan fingerprint density at radius 2 is 1.54 bits per heavy atom. The number of anilines is 1. The monoisotopic (exact) mass is 1240 g/mol. The number of esters is 1. The number of ether oxygens (including phenoxy) is 6. The fraction of sp³-hybridized carbons (Fsp3) is 0.716. The zero-order valence-corrected chi connectivity index (χ0v) is 54.0. The van der Waals surface area contributed by atoms with Gasteiger partial charge in [-0.05, 0) is 114 Å². The molecule has 1 saturated carbocycles. The number of piperidine rings is 1. The molecule has 22 nitrogen and oxygen atoms in total. The van der Waals surface area contributed by atoms with Crippen LogP contribution in [0.15, 0.2) is 60.0 Å². The van der Waals surface area contributed by atoms with Gasteiger partial charge in [-0.3, -0.25) is 28.9 Å². The van der Waals surface area contributed by atoms with Gasteiger partial charge in [0.25, 0.3) is 5.91 Å². The Labute approximate surface area is 527 Å². The number of nitrogens with one attached hydrogen (secondary N) is 2. The van der Waals surface area contributed by atoms with Gasteiger partial charge in [0.15, 0.2) is 0 Å². The Morgan fingerprint density at radius 3 is 2.28 bits per heavy atom. The minimum absolute atomic E-state index is 0.0127. The number of fused-ring (bicyclic) bond motifs is 3. The number of alkyl carbamates (subject to hydrolysis) is 1. The molecule has 494 valence electrons. The molecule has 1 aliphatic carbocycles. The quantitative estimate of drug-likeness (QED) is 0.0740. The van der Waals surface area contributed by atoms with Crippen molar-refractivity contribution in [2.24, 2.45) is 23.7 Å². The Balaban J connectivity index is 1.03. The molecule has 7 rings (SSSR count). The van der Waals surface area contributed by atoms with E-state index in [2.05, 4.69) is 25.5 Å². The number of aliphatic hydroxyl groups is 1. The second kappa shape index (κ2) is 36.3. The summed E-state index contributed by atoms with van der Waals surface area (Å²) in [6.07, 6.45) is 16.5. The van der Waals surface area contributed by atoms with E-state index in [9.17, 15) is 38.7 Å². The van der Waals surface area contributed by atoms with E-state index in [0.29, 0.717) is 134 Å². The average molecular weight is 1240 g/mol. The Bertz CT molecular complexity index is 2600. The van der Waals surface area contributed by atoms with Crippen LogP contribution in [0.3, 0.4) is 0 Å². The van der Waals surface area contributed by atoms with Crippen molar-refractivity contribution in [2.75, 3.05) is 97.8 Å². The van der Waals surface area contributed by atoms with Gasteiger partial charge in [-0.15, -0.1) is 0 Å². The molecule has 89 heavy (non-hydrogen) atoms. The molecule has 0 aromatic carbocycles. The van der Waals surface area contributed by atoms with Gasteiger partial charge < -0.3 is 58.9 Å². The molecule has 0 spiro atoms. The fourth-order valence-corrected chi connectivity index (χ4v) is 13.0. The number of rotatable bonds is 15.